The molecule has 1 aliphatic rings. The number of anilines is 1. The Morgan fingerprint density at radius 2 is 1.63 bits per heavy atom. The van der Waals surface area contributed by atoms with Gasteiger partial charge in [-0.05, 0) is 48.5 Å². The summed E-state index contributed by atoms with van der Waals surface area (Å²) in [5, 5.41) is 5.10. The van der Waals surface area contributed by atoms with Crippen molar-refractivity contribution in [1.82, 2.24) is 9.78 Å². The van der Waals surface area contributed by atoms with E-state index in [4.69, 9.17) is 16.3 Å². The smallest absolute Gasteiger partial charge is 0.278 e. The molecule has 0 saturated heterocycles. The van der Waals surface area contributed by atoms with Gasteiger partial charge < -0.3 is 4.74 Å². The molecule has 0 amide bonds. The summed E-state index contributed by atoms with van der Waals surface area (Å²) < 4.78 is 35.1. The van der Waals surface area contributed by atoms with E-state index < -0.39 is 15.9 Å². The minimum absolute atomic E-state index is 0.0479. The lowest BCUT2D eigenvalue weighted by Crippen LogP contribution is -2.17. The Labute approximate surface area is 222 Å². The van der Waals surface area contributed by atoms with Crippen LogP contribution < -0.4 is 9.46 Å². The molecule has 10 heteroatoms. The van der Waals surface area contributed by atoms with E-state index in [-0.39, 0.29) is 21.3 Å². The van der Waals surface area contributed by atoms with Crippen LogP contribution in [-0.4, -0.2) is 37.0 Å². The van der Waals surface area contributed by atoms with Gasteiger partial charge in [-0.15, -0.1) is 0 Å². The molecular weight excluding hydrogens is 526 g/mol. The van der Waals surface area contributed by atoms with E-state index in [1.165, 1.54) is 30.0 Å². The number of ketones is 1. The molecule has 8 nitrogen and oxygen atoms in total. The second kappa shape index (κ2) is 8.83. The first-order valence-corrected chi connectivity index (χ1v) is 13.3. The fourth-order valence-corrected chi connectivity index (χ4v) is 6.15. The van der Waals surface area contributed by atoms with Crippen molar-refractivity contribution in [3.8, 4) is 17.0 Å². The molecule has 0 fully saturated rings. The molecule has 0 spiro atoms. The predicted molar refractivity (Wildman–Crippen MR) is 144 cm³/mol. The normalized spacial score (nSPS) is 12.3. The number of ether oxygens (including phenoxy) is 1. The zero-order chi connectivity index (χ0) is 26.6. The standard InChI is InChI=1S/C28H18ClN3O5S/c1-37-18-12-10-17(11-13-18)31-38(35,36)24-15-16(9-14-22(24)29)28(34)32-23-8-4-7-21-25(23)26(30-32)19-5-2-3-6-20(19)27(21)33/h2-15,31H,1H3. The molecule has 38 heavy (non-hydrogen) atoms. The lowest BCUT2D eigenvalue weighted by Gasteiger charge is -2.13. The van der Waals surface area contributed by atoms with Crippen molar-refractivity contribution in [1.29, 1.82) is 0 Å². The first-order chi connectivity index (χ1) is 18.3. The zero-order valence-corrected chi connectivity index (χ0v) is 21.4. The number of nitrogens with one attached hydrogen (secondary N) is 1. The molecule has 0 bridgehead atoms. The first-order valence-electron chi connectivity index (χ1n) is 11.5. The molecular formula is C28H18ClN3O5S. The van der Waals surface area contributed by atoms with Crippen LogP contribution in [0.15, 0.2) is 89.8 Å². The average molecular weight is 544 g/mol. The number of halogens is 1. The summed E-state index contributed by atoms with van der Waals surface area (Å²) >= 11 is 6.26. The lowest BCUT2D eigenvalue weighted by molar-refractivity contribution is 0.0950. The van der Waals surface area contributed by atoms with Crippen LogP contribution in [0.4, 0.5) is 5.69 Å². The number of fused-ring (bicyclic) bond motifs is 2. The van der Waals surface area contributed by atoms with Gasteiger partial charge in [-0.25, -0.2) is 8.42 Å². The van der Waals surface area contributed by atoms with E-state index in [2.05, 4.69) is 9.82 Å². The fraction of sp³-hybridized carbons (Fsp3) is 0.0357. The third-order valence-corrected chi connectivity index (χ3v) is 8.24. The Balaban J connectivity index is 1.43. The first kappa shape index (κ1) is 23.9. The molecule has 5 aromatic rings. The monoisotopic (exact) mass is 543 g/mol. The minimum atomic E-state index is -4.14. The highest BCUT2D eigenvalue weighted by Crippen LogP contribution is 2.39. The molecule has 1 N–H and O–H groups in total. The number of aromatic nitrogens is 2. The molecule has 6 rings (SSSR count). The summed E-state index contributed by atoms with van der Waals surface area (Å²) in [6.45, 7) is 0. The summed E-state index contributed by atoms with van der Waals surface area (Å²) in [4.78, 5) is 26.5. The number of methoxy groups -OCH3 is 1. The van der Waals surface area contributed by atoms with Gasteiger partial charge in [0.1, 0.15) is 16.3 Å². The van der Waals surface area contributed by atoms with Crippen molar-refractivity contribution in [2.24, 2.45) is 0 Å². The Morgan fingerprint density at radius 1 is 0.921 bits per heavy atom. The summed E-state index contributed by atoms with van der Waals surface area (Å²) in [6, 6.07) is 22.5. The quantitative estimate of drug-likeness (QED) is 0.312. The zero-order valence-electron chi connectivity index (χ0n) is 19.8. The maximum absolute atomic E-state index is 13.7. The number of carbonyl (C=O) groups is 2. The van der Waals surface area contributed by atoms with Crippen molar-refractivity contribution in [2.45, 2.75) is 4.90 Å². The molecule has 0 radical (unpaired) electrons. The van der Waals surface area contributed by atoms with E-state index in [1.54, 1.807) is 66.7 Å². The second-order valence-corrected chi connectivity index (χ2v) is 10.7. The lowest BCUT2D eigenvalue weighted by atomic mass is 9.87. The third kappa shape index (κ3) is 3.75. The van der Waals surface area contributed by atoms with Crippen molar-refractivity contribution in [2.75, 3.05) is 11.8 Å². The van der Waals surface area contributed by atoms with Gasteiger partial charge in [0.2, 0.25) is 0 Å². The van der Waals surface area contributed by atoms with E-state index >= 15 is 0 Å². The number of hydrogen-bond acceptors (Lipinski definition) is 6. The van der Waals surface area contributed by atoms with Crippen molar-refractivity contribution >= 4 is 49.9 Å². The van der Waals surface area contributed by atoms with Crippen LogP contribution in [0.1, 0.15) is 26.3 Å². The number of rotatable bonds is 5. The molecule has 0 unspecified atom stereocenters. The summed E-state index contributed by atoms with van der Waals surface area (Å²) in [5.41, 5.74) is 2.92. The van der Waals surface area contributed by atoms with Crippen LogP contribution in [0, 0.1) is 0 Å². The highest BCUT2D eigenvalue weighted by Gasteiger charge is 2.30. The van der Waals surface area contributed by atoms with Crippen LogP contribution in [0.5, 0.6) is 5.75 Å². The summed E-state index contributed by atoms with van der Waals surface area (Å²) in [6.07, 6.45) is 0. The number of hydrogen-bond donors (Lipinski definition) is 1. The van der Waals surface area contributed by atoms with E-state index in [1.807, 2.05) is 0 Å². The molecule has 0 aliphatic heterocycles. The molecule has 188 valence electrons. The van der Waals surface area contributed by atoms with E-state index in [0.29, 0.717) is 44.7 Å². The van der Waals surface area contributed by atoms with Crippen LogP contribution >= 0.6 is 11.6 Å². The van der Waals surface area contributed by atoms with Crippen LogP contribution in [0.2, 0.25) is 5.02 Å². The van der Waals surface area contributed by atoms with Gasteiger partial charge in [-0.1, -0.05) is 48.0 Å². The predicted octanol–water partition coefficient (Wildman–Crippen LogP) is 5.40. The minimum Gasteiger partial charge on any atom is -0.497 e. The molecule has 0 atom stereocenters. The van der Waals surface area contributed by atoms with Gasteiger partial charge in [-0.3, -0.25) is 14.3 Å². The third-order valence-electron chi connectivity index (χ3n) is 6.38. The second-order valence-electron chi connectivity index (χ2n) is 8.62. The Kier molecular flexibility index (Phi) is 5.55. The average Bonchev–Trinajstić information content (AvgIpc) is 3.32. The Morgan fingerprint density at radius 3 is 2.37 bits per heavy atom. The summed E-state index contributed by atoms with van der Waals surface area (Å²) in [5.74, 6) is -0.140. The van der Waals surface area contributed by atoms with Gasteiger partial charge in [0.15, 0.2) is 5.78 Å². The highest BCUT2D eigenvalue weighted by molar-refractivity contribution is 7.92. The SMILES string of the molecule is COc1ccc(NS(=O)(=O)c2cc(C(=O)n3nc4c5c(cccc53)C(=O)c3ccccc3-4)ccc2Cl)cc1. The van der Waals surface area contributed by atoms with Gasteiger partial charge >= 0.3 is 0 Å². The molecule has 0 saturated carbocycles. The molecule has 1 aromatic heterocycles. The van der Waals surface area contributed by atoms with Gasteiger partial charge in [0, 0.05) is 33.3 Å². The van der Waals surface area contributed by atoms with E-state index in [9.17, 15) is 18.0 Å². The van der Waals surface area contributed by atoms with Crippen molar-refractivity contribution in [3.05, 3.63) is 107 Å². The van der Waals surface area contributed by atoms with Crippen molar-refractivity contribution in [3.63, 3.8) is 0 Å². The topological polar surface area (TPSA) is 107 Å². The Bertz CT molecular complexity index is 1900. The largest absolute Gasteiger partial charge is 0.497 e. The number of nitrogens with zero attached hydrogens (tertiary/aromatic N) is 2. The number of benzene rings is 4. The molecule has 4 aromatic carbocycles. The van der Waals surface area contributed by atoms with Crippen LogP contribution in [-0.2, 0) is 10.0 Å². The van der Waals surface area contributed by atoms with E-state index in [0.717, 1.165) is 0 Å². The number of sulfonamides is 1. The van der Waals surface area contributed by atoms with Gasteiger partial charge in [-0.2, -0.15) is 9.78 Å². The highest BCUT2D eigenvalue weighted by atomic mass is 35.5. The van der Waals surface area contributed by atoms with Gasteiger partial charge in [0.05, 0.1) is 17.6 Å². The Hall–Kier alpha value is -4.47. The number of carbonyl (C=O) groups excluding carboxylic acids is 2. The maximum atomic E-state index is 13.7. The maximum Gasteiger partial charge on any atom is 0.278 e. The van der Waals surface area contributed by atoms with Crippen LogP contribution in [0.25, 0.3) is 22.2 Å². The molecule has 1 aliphatic carbocycles. The molecule has 1 heterocycles. The van der Waals surface area contributed by atoms with Crippen LogP contribution in [0.3, 0.4) is 0 Å². The fourth-order valence-electron chi connectivity index (χ4n) is 4.57. The summed E-state index contributed by atoms with van der Waals surface area (Å²) in [7, 11) is -2.63. The van der Waals surface area contributed by atoms with Gasteiger partial charge in [0.25, 0.3) is 15.9 Å². The van der Waals surface area contributed by atoms with Crippen molar-refractivity contribution < 1.29 is 22.7 Å².